The van der Waals surface area contributed by atoms with Gasteiger partial charge in [0.05, 0.1) is 13.2 Å². The lowest BCUT2D eigenvalue weighted by Gasteiger charge is -2.03. The molecule has 3 nitrogen and oxygen atoms in total. The number of carbonyl (C=O) groups is 1. The largest absolute Gasteiger partial charge is 0.462 e. The molecule has 0 aliphatic rings. The Hall–Kier alpha value is -1.06. The smallest absolute Gasteiger partial charge is 0.351 e. The van der Waals surface area contributed by atoms with Gasteiger partial charge in [-0.3, -0.25) is 4.99 Å². The highest BCUT2D eigenvalue weighted by atomic mass is 35.5. The van der Waals surface area contributed by atoms with Crippen LogP contribution >= 0.6 is 23.2 Å². The highest BCUT2D eigenvalue weighted by Gasteiger charge is 2.06. The number of hydrogen-bond donors (Lipinski definition) is 0. The summed E-state index contributed by atoms with van der Waals surface area (Å²) in [6, 6.07) is 5.16. The van der Waals surface area contributed by atoms with E-state index in [1.54, 1.807) is 32.0 Å². The summed E-state index contributed by atoms with van der Waals surface area (Å²) in [6.07, 6.45) is 0. The van der Waals surface area contributed by atoms with E-state index < -0.39 is 5.97 Å². The second-order valence-electron chi connectivity index (χ2n) is 3.36. The van der Waals surface area contributed by atoms with Crippen molar-refractivity contribution >= 4 is 34.9 Å². The Kier molecular flexibility index (Phi) is 5.45. The van der Waals surface area contributed by atoms with Gasteiger partial charge in [-0.15, -0.1) is 0 Å². The molecule has 0 unspecified atom stereocenters. The molecule has 0 aromatic heterocycles. The standard InChI is InChI=1S/C12H13Cl2NO2/c1-3-17-12(16)8(2)15-7-9-4-5-10(13)6-11(9)14/h4-6H,3,7H2,1-2H3. The van der Waals surface area contributed by atoms with Crippen molar-refractivity contribution in [2.45, 2.75) is 20.4 Å². The van der Waals surface area contributed by atoms with E-state index in [0.717, 1.165) is 5.56 Å². The van der Waals surface area contributed by atoms with E-state index >= 15 is 0 Å². The molecular weight excluding hydrogens is 261 g/mol. The third kappa shape index (κ3) is 4.36. The van der Waals surface area contributed by atoms with Crippen molar-refractivity contribution in [1.29, 1.82) is 0 Å². The molecule has 0 N–H and O–H groups in total. The summed E-state index contributed by atoms with van der Waals surface area (Å²) in [7, 11) is 0. The Bertz CT molecular complexity index is 444. The minimum atomic E-state index is -0.405. The predicted octanol–water partition coefficient (Wildman–Crippen LogP) is 3.52. The summed E-state index contributed by atoms with van der Waals surface area (Å²) >= 11 is 11.8. The average Bonchev–Trinajstić information content (AvgIpc) is 2.27. The molecule has 17 heavy (non-hydrogen) atoms. The van der Waals surface area contributed by atoms with E-state index in [-0.39, 0.29) is 0 Å². The minimum absolute atomic E-state index is 0.331. The van der Waals surface area contributed by atoms with Crippen molar-refractivity contribution in [3.05, 3.63) is 33.8 Å². The zero-order chi connectivity index (χ0) is 12.8. The van der Waals surface area contributed by atoms with Gasteiger partial charge in [0.1, 0.15) is 5.71 Å². The van der Waals surface area contributed by atoms with E-state index in [9.17, 15) is 4.79 Å². The van der Waals surface area contributed by atoms with Crippen molar-refractivity contribution in [2.75, 3.05) is 6.61 Å². The molecular formula is C12H13Cl2NO2. The van der Waals surface area contributed by atoms with Crippen LogP contribution in [0.1, 0.15) is 19.4 Å². The topological polar surface area (TPSA) is 38.7 Å². The molecule has 0 atom stereocenters. The van der Waals surface area contributed by atoms with Crippen LogP contribution in [0.15, 0.2) is 23.2 Å². The normalized spacial score (nSPS) is 11.4. The molecule has 0 bridgehead atoms. The fourth-order valence-corrected chi connectivity index (χ4v) is 1.62. The number of aliphatic imine (C=N–C) groups is 1. The molecule has 0 heterocycles. The molecule has 0 saturated carbocycles. The highest BCUT2D eigenvalue weighted by Crippen LogP contribution is 2.21. The number of rotatable bonds is 4. The van der Waals surface area contributed by atoms with E-state index in [0.29, 0.717) is 28.9 Å². The SMILES string of the molecule is CCOC(=O)C(C)=NCc1ccc(Cl)cc1Cl. The van der Waals surface area contributed by atoms with Crippen molar-refractivity contribution in [2.24, 2.45) is 4.99 Å². The lowest BCUT2D eigenvalue weighted by Crippen LogP contribution is -2.14. The molecule has 0 spiro atoms. The number of esters is 1. The van der Waals surface area contributed by atoms with Crippen molar-refractivity contribution in [3.8, 4) is 0 Å². The second kappa shape index (κ2) is 6.62. The summed E-state index contributed by atoms with van der Waals surface area (Å²) in [4.78, 5) is 15.4. The van der Waals surface area contributed by atoms with E-state index in [4.69, 9.17) is 27.9 Å². The molecule has 1 rings (SSSR count). The molecule has 0 fully saturated rings. The lowest BCUT2D eigenvalue weighted by atomic mass is 10.2. The fraction of sp³-hybridized carbons (Fsp3) is 0.333. The first-order valence-corrected chi connectivity index (χ1v) is 5.92. The molecule has 1 aromatic rings. The molecule has 0 aliphatic heterocycles. The zero-order valence-corrected chi connectivity index (χ0v) is 11.2. The lowest BCUT2D eigenvalue weighted by molar-refractivity contribution is -0.135. The Labute approximate surface area is 110 Å². The Morgan fingerprint density at radius 3 is 2.71 bits per heavy atom. The van der Waals surface area contributed by atoms with Crippen molar-refractivity contribution in [1.82, 2.24) is 0 Å². The van der Waals surface area contributed by atoms with E-state index in [1.807, 2.05) is 0 Å². The molecule has 0 aliphatic carbocycles. The minimum Gasteiger partial charge on any atom is -0.462 e. The maximum atomic E-state index is 11.3. The van der Waals surface area contributed by atoms with Gasteiger partial charge in [0, 0.05) is 10.0 Å². The van der Waals surface area contributed by atoms with Gasteiger partial charge in [-0.05, 0) is 31.5 Å². The first-order chi connectivity index (χ1) is 8.04. The van der Waals surface area contributed by atoms with Crippen LogP contribution in [-0.2, 0) is 16.1 Å². The van der Waals surface area contributed by atoms with Crippen LogP contribution in [0.25, 0.3) is 0 Å². The maximum Gasteiger partial charge on any atom is 0.351 e. The van der Waals surface area contributed by atoms with Gasteiger partial charge in [-0.1, -0.05) is 29.3 Å². The van der Waals surface area contributed by atoms with Gasteiger partial charge in [-0.2, -0.15) is 0 Å². The zero-order valence-electron chi connectivity index (χ0n) is 9.67. The van der Waals surface area contributed by atoms with Gasteiger partial charge >= 0.3 is 5.97 Å². The first-order valence-electron chi connectivity index (χ1n) is 5.16. The predicted molar refractivity (Wildman–Crippen MR) is 69.9 cm³/mol. The van der Waals surface area contributed by atoms with E-state index in [1.165, 1.54) is 0 Å². The van der Waals surface area contributed by atoms with Crippen LogP contribution in [0.2, 0.25) is 10.0 Å². The van der Waals surface area contributed by atoms with Gasteiger partial charge in [0.2, 0.25) is 0 Å². The third-order valence-corrected chi connectivity index (χ3v) is 2.66. The molecule has 1 aromatic carbocycles. The molecule has 92 valence electrons. The van der Waals surface area contributed by atoms with Crippen LogP contribution < -0.4 is 0 Å². The summed E-state index contributed by atoms with van der Waals surface area (Å²) in [5, 5.41) is 1.11. The molecule has 0 amide bonds. The quantitative estimate of drug-likeness (QED) is 0.622. The summed E-state index contributed by atoms with van der Waals surface area (Å²) in [5.74, 6) is -0.405. The van der Waals surface area contributed by atoms with Gasteiger partial charge in [-0.25, -0.2) is 4.79 Å². The van der Waals surface area contributed by atoms with E-state index in [2.05, 4.69) is 4.99 Å². The van der Waals surface area contributed by atoms with Gasteiger partial charge < -0.3 is 4.74 Å². The first kappa shape index (κ1) is 14.0. The second-order valence-corrected chi connectivity index (χ2v) is 4.20. The number of hydrogen-bond acceptors (Lipinski definition) is 3. The summed E-state index contributed by atoms with van der Waals surface area (Å²) < 4.78 is 4.82. The monoisotopic (exact) mass is 273 g/mol. The maximum absolute atomic E-state index is 11.3. The summed E-state index contributed by atoms with van der Waals surface area (Å²) in [5.41, 5.74) is 1.15. The van der Waals surface area contributed by atoms with Crippen LogP contribution in [0.4, 0.5) is 0 Å². The molecule has 0 radical (unpaired) electrons. The van der Waals surface area contributed by atoms with Crippen LogP contribution in [0.3, 0.4) is 0 Å². The van der Waals surface area contributed by atoms with Crippen LogP contribution in [0.5, 0.6) is 0 Å². The number of nitrogens with zero attached hydrogens (tertiary/aromatic N) is 1. The highest BCUT2D eigenvalue weighted by molar-refractivity contribution is 6.36. The van der Waals surface area contributed by atoms with Gasteiger partial charge in [0.25, 0.3) is 0 Å². The third-order valence-electron chi connectivity index (χ3n) is 2.07. The fourth-order valence-electron chi connectivity index (χ4n) is 1.15. The number of carbonyl (C=O) groups excluding carboxylic acids is 1. The number of benzene rings is 1. The average molecular weight is 274 g/mol. The molecule has 0 saturated heterocycles. The van der Waals surface area contributed by atoms with Gasteiger partial charge in [0.15, 0.2) is 0 Å². The van der Waals surface area contributed by atoms with Crippen molar-refractivity contribution in [3.63, 3.8) is 0 Å². The number of halogens is 2. The Morgan fingerprint density at radius 1 is 1.41 bits per heavy atom. The number of ether oxygens (including phenoxy) is 1. The Morgan fingerprint density at radius 2 is 2.12 bits per heavy atom. The van der Waals surface area contributed by atoms with Crippen LogP contribution in [0, 0.1) is 0 Å². The Balaban J connectivity index is 2.72. The summed E-state index contributed by atoms with van der Waals surface area (Å²) in [6.45, 7) is 4.04. The molecule has 5 heteroatoms. The van der Waals surface area contributed by atoms with Crippen molar-refractivity contribution < 1.29 is 9.53 Å². The van der Waals surface area contributed by atoms with Crippen LogP contribution in [-0.4, -0.2) is 18.3 Å².